The summed E-state index contributed by atoms with van der Waals surface area (Å²) in [5, 5.41) is 0. The fraction of sp³-hybridized carbons (Fsp3) is 0.625. The van der Waals surface area contributed by atoms with Gasteiger partial charge in [0.15, 0.2) is 0 Å². The summed E-state index contributed by atoms with van der Waals surface area (Å²) in [5.74, 6) is 2.52. The molecule has 0 amide bonds. The van der Waals surface area contributed by atoms with Crippen LogP contribution in [-0.4, -0.2) is 4.83 Å². The van der Waals surface area contributed by atoms with Crippen LogP contribution in [0.2, 0.25) is 0 Å². The summed E-state index contributed by atoms with van der Waals surface area (Å²) in [7, 11) is 0. The molecule has 0 radical (unpaired) electrons. The van der Waals surface area contributed by atoms with Crippen molar-refractivity contribution in [2.24, 2.45) is 17.8 Å². The summed E-state index contributed by atoms with van der Waals surface area (Å²) >= 11 is 7.57. The summed E-state index contributed by atoms with van der Waals surface area (Å²) in [5.41, 5.74) is 1.45. The fourth-order valence-corrected chi connectivity index (χ4v) is 4.14. The van der Waals surface area contributed by atoms with Crippen LogP contribution in [0.15, 0.2) is 28.7 Å². The number of benzene rings is 1. The molecule has 0 spiro atoms. The summed E-state index contributed by atoms with van der Waals surface area (Å²) in [6.45, 7) is 4.74. The Balaban J connectivity index is 2.05. The van der Waals surface area contributed by atoms with E-state index in [0.717, 1.165) is 17.8 Å². The number of rotatable bonds is 3. The third-order valence-electron chi connectivity index (χ3n) is 4.31. The molecule has 0 heterocycles. The zero-order valence-corrected chi connectivity index (χ0v) is 14.4. The van der Waals surface area contributed by atoms with Crippen LogP contribution in [0.25, 0.3) is 0 Å². The standard InChI is InChI=1S/C16H22Br2/c1-11(2)12-7-8-16(18)14(9-12)10-13-5-3-4-6-15(13)17/h3-6,11-12,14,16H,7-10H2,1-2H3. The van der Waals surface area contributed by atoms with Gasteiger partial charge in [-0.25, -0.2) is 0 Å². The lowest BCUT2D eigenvalue weighted by Crippen LogP contribution is -2.29. The van der Waals surface area contributed by atoms with E-state index < -0.39 is 0 Å². The summed E-state index contributed by atoms with van der Waals surface area (Å²) in [6.07, 6.45) is 5.29. The smallest absolute Gasteiger partial charge is 0.0207 e. The lowest BCUT2D eigenvalue weighted by molar-refractivity contribution is 0.222. The summed E-state index contributed by atoms with van der Waals surface area (Å²) in [6, 6.07) is 8.65. The average molecular weight is 374 g/mol. The fourth-order valence-electron chi connectivity index (χ4n) is 3.03. The van der Waals surface area contributed by atoms with Gasteiger partial charge in [0.05, 0.1) is 0 Å². The van der Waals surface area contributed by atoms with Gasteiger partial charge in [-0.2, -0.15) is 0 Å². The van der Waals surface area contributed by atoms with Crippen LogP contribution in [0.5, 0.6) is 0 Å². The van der Waals surface area contributed by atoms with E-state index in [9.17, 15) is 0 Å². The lowest BCUT2D eigenvalue weighted by atomic mass is 9.74. The first kappa shape index (κ1) is 14.6. The highest BCUT2D eigenvalue weighted by Gasteiger charge is 2.30. The molecule has 0 aliphatic heterocycles. The van der Waals surface area contributed by atoms with Crippen molar-refractivity contribution in [2.75, 3.05) is 0 Å². The minimum Gasteiger partial charge on any atom is -0.0888 e. The second-order valence-electron chi connectivity index (χ2n) is 5.89. The van der Waals surface area contributed by atoms with Crippen molar-refractivity contribution in [3.8, 4) is 0 Å². The Labute approximate surface area is 128 Å². The van der Waals surface area contributed by atoms with Crippen molar-refractivity contribution in [2.45, 2.75) is 44.4 Å². The molecule has 3 atom stereocenters. The van der Waals surface area contributed by atoms with Gasteiger partial charge in [-0.05, 0) is 55.1 Å². The molecule has 1 saturated carbocycles. The molecule has 1 aromatic rings. The molecular weight excluding hydrogens is 352 g/mol. The van der Waals surface area contributed by atoms with E-state index in [2.05, 4.69) is 70.0 Å². The summed E-state index contributed by atoms with van der Waals surface area (Å²) < 4.78 is 1.26. The van der Waals surface area contributed by atoms with Gasteiger partial charge in [-0.15, -0.1) is 0 Å². The van der Waals surface area contributed by atoms with Gasteiger partial charge in [-0.1, -0.05) is 63.9 Å². The normalized spacial score (nSPS) is 28.6. The van der Waals surface area contributed by atoms with E-state index in [-0.39, 0.29) is 0 Å². The second kappa shape index (κ2) is 6.56. The molecule has 0 N–H and O–H groups in total. The molecule has 1 aliphatic rings. The molecule has 0 saturated heterocycles. The molecule has 100 valence electrons. The Hall–Kier alpha value is 0.180. The van der Waals surface area contributed by atoms with Crippen LogP contribution >= 0.6 is 31.9 Å². The Kier molecular flexibility index (Phi) is 5.32. The number of alkyl halides is 1. The van der Waals surface area contributed by atoms with Crippen molar-refractivity contribution in [1.29, 1.82) is 0 Å². The predicted octanol–water partition coefficient (Wildman–Crippen LogP) is 5.83. The van der Waals surface area contributed by atoms with E-state index in [1.54, 1.807) is 0 Å². The molecule has 1 aliphatic carbocycles. The largest absolute Gasteiger partial charge is 0.0888 e. The monoisotopic (exact) mass is 372 g/mol. The molecule has 0 nitrogen and oxygen atoms in total. The molecule has 0 aromatic heterocycles. The van der Waals surface area contributed by atoms with Gasteiger partial charge in [0.1, 0.15) is 0 Å². The lowest BCUT2D eigenvalue weighted by Gasteiger charge is -2.35. The summed E-state index contributed by atoms with van der Waals surface area (Å²) in [4.78, 5) is 0.694. The Morgan fingerprint density at radius 3 is 2.61 bits per heavy atom. The number of halogens is 2. The Bertz CT molecular complexity index is 386. The maximum atomic E-state index is 3.90. The van der Waals surface area contributed by atoms with Gasteiger partial charge >= 0.3 is 0 Å². The minimum atomic E-state index is 0.694. The Morgan fingerprint density at radius 1 is 1.22 bits per heavy atom. The zero-order chi connectivity index (χ0) is 13.1. The highest BCUT2D eigenvalue weighted by molar-refractivity contribution is 9.10. The van der Waals surface area contributed by atoms with Crippen LogP contribution in [0.1, 0.15) is 38.7 Å². The minimum absolute atomic E-state index is 0.694. The molecule has 0 bridgehead atoms. The van der Waals surface area contributed by atoms with E-state index in [4.69, 9.17) is 0 Å². The second-order valence-corrected chi connectivity index (χ2v) is 7.92. The van der Waals surface area contributed by atoms with Crippen molar-refractivity contribution in [3.05, 3.63) is 34.3 Å². The van der Waals surface area contributed by atoms with Gasteiger partial charge in [0.2, 0.25) is 0 Å². The van der Waals surface area contributed by atoms with Crippen molar-refractivity contribution in [3.63, 3.8) is 0 Å². The SMILES string of the molecule is CC(C)C1CCC(Br)C(Cc2ccccc2Br)C1. The topological polar surface area (TPSA) is 0 Å². The number of hydrogen-bond donors (Lipinski definition) is 0. The molecule has 2 heteroatoms. The molecule has 1 aromatic carbocycles. The maximum Gasteiger partial charge on any atom is 0.0207 e. The quantitative estimate of drug-likeness (QED) is 0.585. The molecule has 1 fully saturated rings. The van der Waals surface area contributed by atoms with Crippen LogP contribution in [-0.2, 0) is 6.42 Å². The van der Waals surface area contributed by atoms with Crippen molar-refractivity contribution < 1.29 is 0 Å². The van der Waals surface area contributed by atoms with Gasteiger partial charge in [0, 0.05) is 9.30 Å². The molecule has 3 unspecified atom stereocenters. The van der Waals surface area contributed by atoms with Gasteiger partial charge < -0.3 is 0 Å². The molecule has 18 heavy (non-hydrogen) atoms. The van der Waals surface area contributed by atoms with Crippen LogP contribution in [0, 0.1) is 17.8 Å². The third kappa shape index (κ3) is 3.60. The van der Waals surface area contributed by atoms with Crippen LogP contribution < -0.4 is 0 Å². The van der Waals surface area contributed by atoms with E-state index in [1.807, 2.05) is 0 Å². The Morgan fingerprint density at radius 2 is 1.94 bits per heavy atom. The number of hydrogen-bond acceptors (Lipinski definition) is 0. The average Bonchev–Trinajstić information content (AvgIpc) is 2.34. The van der Waals surface area contributed by atoms with Crippen molar-refractivity contribution in [1.82, 2.24) is 0 Å². The van der Waals surface area contributed by atoms with Crippen molar-refractivity contribution >= 4 is 31.9 Å². The predicted molar refractivity (Wildman–Crippen MR) is 86.2 cm³/mol. The van der Waals surface area contributed by atoms with E-state index >= 15 is 0 Å². The maximum absolute atomic E-state index is 3.90. The first-order valence-electron chi connectivity index (χ1n) is 6.95. The van der Waals surface area contributed by atoms with Gasteiger partial charge in [0.25, 0.3) is 0 Å². The van der Waals surface area contributed by atoms with Crippen LogP contribution in [0.4, 0.5) is 0 Å². The van der Waals surface area contributed by atoms with E-state index in [0.29, 0.717) is 4.83 Å². The van der Waals surface area contributed by atoms with Crippen LogP contribution in [0.3, 0.4) is 0 Å². The van der Waals surface area contributed by atoms with E-state index in [1.165, 1.54) is 35.7 Å². The molecule has 2 rings (SSSR count). The third-order valence-corrected chi connectivity index (χ3v) is 6.29. The highest BCUT2D eigenvalue weighted by atomic mass is 79.9. The first-order valence-corrected chi connectivity index (χ1v) is 8.66. The van der Waals surface area contributed by atoms with Gasteiger partial charge in [-0.3, -0.25) is 0 Å². The first-order chi connectivity index (χ1) is 8.58. The molecular formula is C16H22Br2. The highest BCUT2D eigenvalue weighted by Crippen LogP contribution is 2.39. The zero-order valence-electron chi connectivity index (χ0n) is 11.2.